The first kappa shape index (κ1) is 16.3. The molecule has 0 bridgehead atoms. The molecule has 7 heteroatoms. The Kier molecular flexibility index (Phi) is 6.08. The van der Waals surface area contributed by atoms with Crippen LogP contribution in [0.25, 0.3) is 0 Å². The van der Waals surface area contributed by atoms with E-state index >= 15 is 0 Å². The smallest absolute Gasteiger partial charge is 0.143 e. The van der Waals surface area contributed by atoms with Crippen LogP contribution in [0.1, 0.15) is 12.0 Å². The summed E-state index contributed by atoms with van der Waals surface area (Å²) in [5, 5.41) is 0. The molecular weight excluding hydrogens is 416 g/mol. The van der Waals surface area contributed by atoms with Gasteiger partial charge in [-0.2, -0.15) is 0 Å². The third-order valence-corrected chi connectivity index (χ3v) is 4.03. The fraction of sp³-hybridized carbons (Fsp3) is 0.214. The largest absolute Gasteiger partial charge is 0.393 e. The van der Waals surface area contributed by atoms with Gasteiger partial charge >= 0.3 is 0 Å². The quantitative estimate of drug-likeness (QED) is 0.709. The van der Waals surface area contributed by atoms with Gasteiger partial charge in [-0.1, -0.05) is 18.3 Å². The van der Waals surface area contributed by atoms with Crippen LogP contribution in [-0.4, -0.2) is 21.5 Å². The molecule has 4 nitrogen and oxygen atoms in total. The van der Waals surface area contributed by atoms with Crippen molar-refractivity contribution < 1.29 is 0 Å². The van der Waals surface area contributed by atoms with Gasteiger partial charge < -0.3 is 10.6 Å². The van der Waals surface area contributed by atoms with E-state index in [1.54, 1.807) is 12.4 Å². The molecule has 0 atom stereocenters. The van der Waals surface area contributed by atoms with Crippen molar-refractivity contribution in [1.82, 2.24) is 9.97 Å². The maximum atomic E-state index is 5.63. The SMILES string of the molecule is NC(=S)CCN(Cc1cccnc1)c1ncc(Br)cc1Br. The Morgan fingerprint density at radius 2 is 2.14 bits per heavy atom. The Morgan fingerprint density at radius 3 is 2.76 bits per heavy atom. The van der Waals surface area contributed by atoms with Crippen LogP contribution >= 0.6 is 44.1 Å². The summed E-state index contributed by atoms with van der Waals surface area (Å²) in [6.07, 6.45) is 6.02. The summed E-state index contributed by atoms with van der Waals surface area (Å²) in [7, 11) is 0. The molecule has 0 aliphatic carbocycles. The minimum absolute atomic E-state index is 0.499. The van der Waals surface area contributed by atoms with E-state index in [4.69, 9.17) is 18.0 Å². The van der Waals surface area contributed by atoms with E-state index in [1.165, 1.54) is 0 Å². The normalized spacial score (nSPS) is 10.4. The number of rotatable bonds is 6. The summed E-state index contributed by atoms with van der Waals surface area (Å²) in [6.45, 7) is 1.40. The molecule has 2 aromatic heterocycles. The Hall–Kier alpha value is -1.05. The number of anilines is 1. The first-order chi connectivity index (χ1) is 10.1. The van der Waals surface area contributed by atoms with Crippen molar-refractivity contribution in [2.45, 2.75) is 13.0 Å². The second kappa shape index (κ2) is 7.82. The van der Waals surface area contributed by atoms with Crippen molar-refractivity contribution in [1.29, 1.82) is 0 Å². The number of halogens is 2. The zero-order chi connectivity index (χ0) is 15.2. The van der Waals surface area contributed by atoms with Gasteiger partial charge in [-0.25, -0.2) is 4.98 Å². The van der Waals surface area contributed by atoms with Crippen LogP contribution in [0, 0.1) is 0 Å². The van der Waals surface area contributed by atoms with E-state index in [9.17, 15) is 0 Å². The molecule has 2 heterocycles. The van der Waals surface area contributed by atoms with E-state index in [0.29, 0.717) is 24.5 Å². The molecule has 110 valence electrons. The molecule has 0 unspecified atom stereocenters. The molecule has 2 rings (SSSR count). The van der Waals surface area contributed by atoms with E-state index < -0.39 is 0 Å². The van der Waals surface area contributed by atoms with Gasteiger partial charge in [-0.05, 0) is 49.6 Å². The van der Waals surface area contributed by atoms with Crippen molar-refractivity contribution in [3.8, 4) is 0 Å². The summed E-state index contributed by atoms with van der Waals surface area (Å²) in [5.41, 5.74) is 6.74. The van der Waals surface area contributed by atoms with Gasteiger partial charge in [0, 0.05) is 42.6 Å². The summed E-state index contributed by atoms with van der Waals surface area (Å²) in [6, 6.07) is 5.93. The molecule has 0 amide bonds. The topological polar surface area (TPSA) is 55.0 Å². The van der Waals surface area contributed by atoms with Crippen LogP contribution in [0.3, 0.4) is 0 Å². The van der Waals surface area contributed by atoms with Crippen LogP contribution in [0.4, 0.5) is 5.82 Å². The predicted molar refractivity (Wildman–Crippen MR) is 96.3 cm³/mol. The summed E-state index contributed by atoms with van der Waals surface area (Å²) >= 11 is 11.9. The molecule has 2 aromatic rings. The lowest BCUT2D eigenvalue weighted by Gasteiger charge is -2.24. The van der Waals surface area contributed by atoms with Crippen LogP contribution in [0.15, 0.2) is 45.7 Å². The zero-order valence-electron chi connectivity index (χ0n) is 11.2. The summed E-state index contributed by atoms with van der Waals surface area (Å²) in [4.78, 5) is 11.3. The fourth-order valence-corrected chi connectivity index (χ4v) is 3.19. The van der Waals surface area contributed by atoms with Gasteiger partial charge in [0.2, 0.25) is 0 Å². The molecule has 0 aliphatic rings. The highest BCUT2D eigenvalue weighted by atomic mass is 79.9. The van der Waals surface area contributed by atoms with Crippen molar-refractivity contribution in [2.75, 3.05) is 11.4 Å². The van der Waals surface area contributed by atoms with Gasteiger partial charge in [0.1, 0.15) is 5.82 Å². The number of pyridine rings is 2. The molecule has 2 N–H and O–H groups in total. The van der Waals surface area contributed by atoms with Crippen molar-refractivity contribution in [2.24, 2.45) is 5.73 Å². The fourth-order valence-electron chi connectivity index (χ4n) is 1.86. The number of nitrogens with two attached hydrogens (primary N) is 1. The van der Waals surface area contributed by atoms with Gasteiger partial charge in [-0.15, -0.1) is 0 Å². The van der Waals surface area contributed by atoms with Gasteiger partial charge in [0.15, 0.2) is 0 Å². The minimum Gasteiger partial charge on any atom is -0.393 e. The molecular formula is C14H14Br2N4S. The Labute approximate surface area is 146 Å². The minimum atomic E-state index is 0.499. The second-order valence-corrected chi connectivity index (χ2v) is 6.75. The number of hydrogen-bond acceptors (Lipinski definition) is 4. The van der Waals surface area contributed by atoms with Gasteiger partial charge in [0.05, 0.1) is 9.46 Å². The van der Waals surface area contributed by atoms with E-state index in [-0.39, 0.29) is 0 Å². The first-order valence-electron chi connectivity index (χ1n) is 6.29. The highest BCUT2D eigenvalue weighted by Gasteiger charge is 2.13. The zero-order valence-corrected chi connectivity index (χ0v) is 15.2. The number of aromatic nitrogens is 2. The lowest BCUT2D eigenvalue weighted by Crippen LogP contribution is -2.28. The Morgan fingerprint density at radius 1 is 1.33 bits per heavy atom. The monoisotopic (exact) mass is 428 g/mol. The predicted octanol–water partition coefficient (Wildman–Crippen LogP) is 3.68. The lowest BCUT2D eigenvalue weighted by atomic mass is 10.2. The van der Waals surface area contributed by atoms with Crippen molar-refractivity contribution in [3.63, 3.8) is 0 Å². The molecule has 0 radical (unpaired) electrons. The number of hydrogen-bond donors (Lipinski definition) is 1. The maximum absolute atomic E-state index is 5.63. The number of thiocarbonyl (C=S) groups is 1. The standard InChI is InChI=1S/C14H14Br2N4S/c15-11-6-12(16)14(19-8-11)20(5-3-13(17)21)9-10-2-1-4-18-7-10/h1-2,4,6-8H,3,5,9H2,(H2,17,21). The van der Waals surface area contributed by atoms with E-state index in [0.717, 1.165) is 20.3 Å². The molecule has 0 aromatic carbocycles. The van der Waals surface area contributed by atoms with Crippen LogP contribution in [-0.2, 0) is 6.54 Å². The third-order valence-electron chi connectivity index (χ3n) is 2.81. The number of nitrogens with zero attached hydrogens (tertiary/aromatic N) is 3. The van der Waals surface area contributed by atoms with E-state index in [1.807, 2.05) is 24.4 Å². The first-order valence-corrected chi connectivity index (χ1v) is 8.29. The molecule has 0 fully saturated rings. The average Bonchev–Trinajstić information content (AvgIpc) is 2.45. The molecule has 0 saturated carbocycles. The highest BCUT2D eigenvalue weighted by Crippen LogP contribution is 2.28. The third kappa shape index (κ3) is 5.01. The van der Waals surface area contributed by atoms with Crippen LogP contribution in [0.2, 0.25) is 0 Å². The van der Waals surface area contributed by atoms with Gasteiger partial charge in [0.25, 0.3) is 0 Å². The van der Waals surface area contributed by atoms with Crippen molar-refractivity contribution >= 4 is 54.9 Å². The lowest BCUT2D eigenvalue weighted by molar-refractivity contribution is 0.785. The maximum Gasteiger partial charge on any atom is 0.143 e. The van der Waals surface area contributed by atoms with Gasteiger partial charge in [-0.3, -0.25) is 4.98 Å². The molecule has 0 saturated heterocycles. The molecule has 0 aliphatic heterocycles. The highest BCUT2D eigenvalue weighted by molar-refractivity contribution is 9.11. The van der Waals surface area contributed by atoms with Crippen LogP contribution in [0.5, 0.6) is 0 Å². The average molecular weight is 430 g/mol. The Bertz CT molecular complexity index is 622. The van der Waals surface area contributed by atoms with Crippen LogP contribution < -0.4 is 10.6 Å². The summed E-state index contributed by atoms with van der Waals surface area (Å²) in [5.74, 6) is 0.860. The second-order valence-electron chi connectivity index (χ2n) is 4.46. The molecule has 0 spiro atoms. The molecule has 21 heavy (non-hydrogen) atoms. The Balaban J connectivity index is 2.24. The van der Waals surface area contributed by atoms with E-state index in [2.05, 4.69) is 46.7 Å². The summed E-state index contributed by atoms with van der Waals surface area (Å²) < 4.78 is 1.84. The van der Waals surface area contributed by atoms with Crippen molar-refractivity contribution in [3.05, 3.63) is 51.3 Å².